The van der Waals surface area contributed by atoms with Crippen molar-refractivity contribution in [2.75, 3.05) is 19.0 Å². The molecule has 0 saturated carbocycles. The van der Waals surface area contributed by atoms with Crippen molar-refractivity contribution in [1.82, 2.24) is 9.36 Å². The van der Waals surface area contributed by atoms with E-state index in [2.05, 4.69) is 14.7 Å². The van der Waals surface area contributed by atoms with Crippen LogP contribution < -0.4 is 5.32 Å². The Kier molecular flexibility index (Phi) is 5.03. The minimum absolute atomic E-state index is 0.132. The number of aromatic nitrogens is 2. The molecule has 1 atom stereocenters. The Balaban J connectivity index is 2.45. The van der Waals surface area contributed by atoms with Crippen LogP contribution in [0.3, 0.4) is 0 Å². The lowest BCUT2D eigenvalue weighted by Crippen LogP contribution is -2.26. The molecule has 0 spiro atoms. The van der Waals surface area contributed by atoms with Gasteiger partial charge in [0, 0.05) is 25.2 Å². The van der Waals surface area contributed by atoms with Crippen LogP contribution in [0.5, 0.6) is 0 Å². The lowest BCUT2D eigenvalue weighted by molar-refractivity contribution is -0.147. The van der Waals surface area contributed by atoms with Gasteiger partial charge in [0.2, 0.25) is 5.13 Å². The largest absolute Gasteiger partial charge is 0.481 e. The summed E-state index contributed by atoms with van der Waals surface area (Å²) in [5, 5.41) is 12.7. The van der Waals surface area contributed by atoms with Crippen molar-refractivity contribution in [1.29, 1.82) is 0 Å². The summed E-state index contributed by atoms with van der Waals surface area (Å²) >= 11 is 1.25. The maximum Gasteiger partial charge on any atom is 0.309 e. The van der Waals surface area contributed by atoms with Crippen LogP contribution in [0.1, 0.15) is 39.1 Å². The molecule has 102 valence electrons. The summed E-state index contributed by atoms with van der Waals surface area (Å²) in [7, 11) is 1.61. The Bertz CT molecular complexity index is 406. The lowest BCUT2D eigenvalue weighted by atomic mass is 9.90. The minimum atomic E-state index is -0.796. The van der Waals surface area contributed by atoms with Crippen LogP contribution in [-0.2, 0) is 9.53 Å². The molecule has 0 radical (unpaired) electrons. The first-order valence-corrected chi connectivity index (χ1v) is 6.48. The van der Waals surface area contributed by atoms with Crippen LogP contribution in [0.25, 0.3) is 0 Å². The number of hydrogen-bond donors (Lipinski definition) is 2. The van der Waals surface area contributed by atoms with Crippen LogP contribution in [0, 0.1) is 5.41 Å². The van der Waals surface area contributed by atoms with Crippen LogP contribution in [0.4, 0.5) is 5.13 Å². The summed E-state index contributed by atoms with van der Waals surface area (Å²) in [6.07, 6.45) is 0.393. The van der Waals surface area contributed by atoms with E-state index < -0.39 is 11.4 Å². The number of carbonyl (C=O) groups is 1. The van der Waals surface area contributed by atoms with Gasteiger partial charge in [-0.1, -0.05) is 0 Å². The van der Waals surface area contributed by atoms with Gasteiger partial charge in [0.15, 0.2) is 5.82 Å². The van der Waals surface area contributed by atoms with Crippen LogP contribution in [-0.4, -0.2) is 34.1 Å². The first-order valence-electron chi connectivity index (χ1n) is 5.70. The first-order chi connectivity index (χ1) is 8.36. The second kappa shape index (κ2) is 6.10. The van der Waals surface area contributed by atoms with E-state index in [-0.39, 0.29) is 6.10 Å². The highest BCUT2D eigenvalue weighted by molar-refractivity contribution is 7.09. The van der Waals surface area contributed by atoms with Gasteiger partial charge in [0.05, 0.1) is 5.41 Å². The molecule has 0 bridgehead atoms. The lowest BCUT2D eigenvalue weighted by Gasteiger charge is -2.18. The molecule has 1 unspecified atom stereocenters. The predicted molar refractivity (Wildman–Crippen MR) is 69.9 cm³/mol. The van der Waals surface area contributed by atoms with Gasteiger partial charge in [-0.3, -0.25) is 4.79 Å². The molecule has 7 heteroatoms. The predicted octanol–water partition coefficient (Wildman–Crippen LogP) is 2.16. The minimum Gasteiger partial charge on any atom is -0.481 e. The van der Waals surface area contributed by atoms with Gasteiger partial charge >= 0.3 is 5.97 Å². The molecule has 2 N–H and O–H groups in total. The standard InChI is InChI=1S/C11H19N3O3S/c1-7(17-4)8-13-10(18-14-8)12-6-5-11(2,3)9(15)16/h7H,5-6H2,1-4H3,(H,15,16)(H,12,13,14). The highest BCUT2D eigenvalue weighted by Gasteiger charge is 2.26. The third-order valence-electron chi connectivity index (χ3n) is 2.76. The number of aliphatic carboxylic acids is 1. The Morgan fingerprint density at radius 1 is 1.61 bits per heavy atom. The number of nitrogens with one attached hydrogen (secondary N) is 1. The van der Waals surface area contributed by atoms with E-state index >= 15 is 0 Å². The van der Waals surface area contributed by atoms with Gasteiger partial charge in [0.25, 0.3) is 0 Å². The van der Waals surface area contributed by atoms with E-state index in [9.17, 15) is 4.79 Å². The second-order valence-electron chi connectivity index (χ2n) is 4.70. The van der Waals surface area contributed by atoms with Gasteiger partial charge in [-0.15, -0.1) is 0 Å². The van der Waals surface area contributed by atoms with E-state index in [1.165, 1.54) is 11.5 Å². The van der Waals surface area contributed by atoms with Crippen LogP contribution >= 0.6 is 11.5 Å². The zero-order chi connectivity index (χ0) is 13.8. The zero-order valence-corrected chi connectivity index (χ0v) is 11.9. The summed E-state index contributed by atoms with van der Waals surface area (Å²) in [6.45, 7) is 5.83. The molecular weight excluding hydrogens is 254 g/mol. The number of carboxylic acids is 1. The number of anilines is 1. The van der Waals surface area contributed by atoms with Gasteiger partial charge in [-0.2, -0.15) is 4.37 Å². The Morgan fingerprint density at radius 2 is 2.28 bits per heavy atom. The van der Waals surface area contributed by atoms with Crippen LogP contribution in [0.15, 0.2) is 0 Å². The zero-order valence-electron chi connectivity index (χ0n) is 11.1. The molecular formula is C11H19N3O3S. The monoisotopic (exact) mass is 273 g/mol. The van der Waals surface area contributed by atoms with E-state index in [0.29, 0.717) is 23.9 Å². The van der Waals surface area contributed by atoms with E-state index in [1.54, 1.807) is 21.0 Å². The second-order valence-corrected chi connectivity index (χ2v) is 5.45. The number of methoxy groups -OCH3 is 1. The fraction of sp³-hybridized carbons (Fsp3) is 0.727. The average molecular weight is 273 g/mol. The van der Waals surface area contributed by atoms with Crippen molar-refractivity contribution in [2.45, 2.75) is 33.3 Å². The molecule has 1 aromatic rings. The van der Waals surface area contributed by atoms with Crippen LogP contribution in [0.2, 0.25) is 0 Å². The van der Waals surface area contributed by atoms with Gasteiger partial charge in [-0.05, 0) is 27.2 Å². The summed E-state index contributed by atoms with van der Waals surface area (Å²) in [5.74, 6) is -0.155. The van der Waals surface area contributed by atoms with Crippen molar-refractivity contribution < 1.29 is 14.6 Å². The molecule has 1 rings (SSSR count). The quantitative estimate of drug-likeness (QED) is 0.792. The highest BCUT2D eigenvalue weighted by Crippen LogP contribution is 2.22. The topological polar surface area (TPSA) is 84.3 Å². The fourth-order valence-electron chi connectivity index (χ4n) is 1.17. The number of carboxylic acid groups (broad SMARTS) is 1. The molecule has 1 aromatic heterocycles. The summed E-state index contributed by atoms with van der Waals surface area (Å²) in [4.78, 5) is 15.2. The maximum absolute atomic E-state index is 10.9. The van der Waals surface area contributed by atoms with Gasteiger partial charge in [0.1, 0.15) is 6.10 Å². The Labute approximate surface area is 111 Å². The van der Waals surface area contributed by atoms with E-state index in [1.807, 2.05) is 6.92 Å². The molecule has 0 amide bonds. The number of ether oxygens (including phenoxy) is 1. The number of nitrogens with zero attached hydrogens (tertiary/aromatic N) is 2. The highest BCUT2D eigenvalue weighted by atomic mass is 32.1. The van der Waals surface area contributed by atoms with E-state index in [4.69, 9.17) is 9.84 Å². The van der Waals surface area contributed by atoms with Crippen molar-refractivity contribution in [3.8, 4) is 0 Å². The third-order valence-corrected chi connectivity index (χ3v) is 3.45. The van der Waals surface area contributed by atoms with Crippen molar-refractivity contribution in [2.24, 2.45) is 5.41 Å². The van der Waals surface area contributed by atoms with E-state index in [0.717, 1.165) is 0 Å². The summed E-state index contributed by atoms with van der Waals surface area (Å²) < 4.78 is 9.28. The smallest absolute Gasteiger partial charge is 0.309 e. The molecule has 0 fully saturated rings. The maximum atomic E-state index is 10.9. The fourth-order valence-corrected chi connectivity index (χ4v) is 1.84. The first kappa shape index (κ1) is 14.8. The van der Waals surface area contributed by atoms with Crippen molar-refractivity contribution in [3.63, 3.8) is 0 Å². The number of rotatable bonds is 7. The molecule has 6 nitrogen and oxygen atoms in total. The van der Waals surface area contributed by atoms with Gasteiger partial charge < -0.3 is 15.2 Å². The molecule has 1 heterocycles. The molecule has 0 aliphatic rings. The normalized spacial score (nSPS) is 13.3. The molecule has 18 heavy (non-hydrogen) atoms. The van der Waals surface area contributed by atoms with Crippen molar-refractivity contribution >= 4 is 22.6 Å². The third kappa shape index (κ3) is 3.92. The molecule has 0 aliphatic carbocycles. The molecule has 0 aromatic carbocycles. The Hall–Kier alpha value is -1.21. The summed E-state index contributed by atoms with van der Waals surface area (Å²) in [5.41, 5.74) is -0.736. The Morgan fingerprint density at radius 3 is 2.83 bits per heavy atom. The molecule has 0 aliphatic heterocycles. The van der Waals surface area contributed by atoms with Crippen molar-refractivity contribution in [3.05, 3.63) is 5.82 Å². The summed E-state index contributed by atoms with van der Waals surface area (Å²) in [6, 6.07) is 0. The molecule has 0 saturated heterocycles. The van der Waals surface area contributed by atoms with Gasteiger partial charge in [-0.25, -0.2) is 4.98 Å². The number of hydrogen-bond acceptors (Lipinski definition) is 6. The average Bonchev–Trinajstić information content (AvgIpc) is 2.76. The SMILES string of the molecule is COC(C)c1nsc(NCCC(C)(C)C(=O)O)n1.